The molecule has 1 aliphatic heterocycles. The molecule has 3 aliphatic rings. The molecule has 5 amide bonds. The quantitative estimate of drug-likeness (QED) is 0.110. The van der Waals surface area contributed by atoms with E-state index in [0.29, 0.717) is 34.5 Å². The summed E-state index contributed by atoms with van der Waals surface area (Å²) in [5.41, 5.74) is 1.28. The van der Waals surface area contributed by atoms with Crippen molar-refractivity contribution >= 4 is 46.4 Å². The maximum Gasteiger partial charge on any atom is 0.328 e. The number of likely N-dealkylation sites (tertiary alicyclic amines) is 1. The highest BCUT2D eigenvalue weighted by molar-refractivity contribution is 6.38. The van der Waals surface area contributed by atoms with Gasteiger partial charge < -0.3 is 40.4 Å². The van der Waals surface area contributed by atoms with Crippen molar-refractivity contribution in [1.29, 1.82) is 0 Å². The van der Waals surface area contributed by atoms with Gasteiger partial charge in [-0.3, -0.25) is 19.2 Å². The van der Waals surface area contributed by atoms with E-state index >= 15 is 0 Å². The van der Waals surface area contributed by atoms with E-state index in [1.165, 1.54) is 12.0 Å². The number of urea groups is 1. The van der Waals surface area contributed by atoms with Crippen LogP contribution in [0, 0.1) is 11.3 Å². The molecule has 3 aromatic rings. The van der Waals surface area contributed by atoms with Crippen LogP contribution in [-0.2, 0) is 28.7 Å². The number of carbonyl (C=O) groups is 6. The lowest BCUT2D eigenvalue weighted by atomic mass is 9.82. The minimum Gasteiger partial charge on any atom is -0.497 e. The largest absolute Gasteiger partial charge is 0.497 e. The van der Waals surface area contributed by atoms with Crippen LogP contribution < -0.4 is 30.7 Å². The van der Waals surface area contributed by atoms with Gasteiger partial charge in [-0.15, -0.1) is 0 Å². The number of nitrogens with one attached hydrogen (secondary N) is 4. The Balaban J connectivity index is 1.30. The van der Waals surface area contributed by atoms with E-state index in [9.17, 15) is 28.8 Å². The number of hydrogen-bond acceptors (Lipinski definition) is 10. The van der Waals surface area contributed by atoms with E-state index in [-0.39, 0.29) is 31.3 Å². The Bertz CT molecular complexity index is 2080. The number of rotatable bonds is 16. The maximum absolute atomic E-state index is 14.6. The Morgan fingerprint density at radius 1 is 0.885 bits per heavy atom. The van der Waals surface area contributed by atoms with Crippen molar-refractivity contribution in [3.8, 4) is 22.8 Å². The fourth-order valence-electron chi connectivity index (χ4n) is 8.24. The maximum atomic E-state index is 14.6. The monoisotopic (exact) mass is 840 g/mol. The first-order valence-electron chi connectivity index (χ1n) is 21.5. The normalized spacial score (nSPS) is 19.5. The van der Waals surface area contributed by atoms with Crippen LogP contribution >= 0.6 is 0 Å². The fraction of sp³-hybridized carbons (Fsp3) is 0.543. The molecule has 1 aromatic heterocycles. The molecule has 0 bridgehead atoms. The molecule has 2 heterocycles. The molecule has 0 radical (unpaired) electrons. The predicted molar refractivity (Wildman–Crippen MR) is 229 cm³/mol. The second-order valence-electron chi connectivity index (χ2n) is 17.5. The van der Waals surface area contributed by atoms with Crippen LogP contribution in [0.15, 0.2) is 54.6 Å². The third-order valence-electron chi connectivity index (χ3n) is 11.8. The number of ether oxygens (including phenoxy) is 3. The number of nitrogens with zero attached hydrogens (tertiary/aromatic N) is 2. The van der Waals surface area contributed by atoms with Gasteiger partial charge in [-0.1, -0.05) is 83.7 Å². The molecule has 3 fully saturated rings. The lowest BCUT2D eigenvalue weighted by molar-refractivity contribution is -0.148. The van der Waals surface area contributed by atoms with Crippen molar-refractivity contribution in [2.24, 2.45) is 11.3 Å². The number of hydrogen-bond donors (Lipinski definition) is 4. The number of Topliss-reactive ketones (excluding diaryl/α,β-unsaturated/α-hetero) is 1. The Hall–Kier alpha value is -5.73. The molecule has 6 rings (SSSR count). The fourth-order valence-corrected chi connectivity index (χ4v) is 8.24. The van der Waals surface area contributed by atoms with Crippen molar-refractivity contribution in [1.82, 2.24) is 31.2 Å². The molecule has 2 aromatic carbocycles. The molecular formula is C46H60N6O9. The first-order chi connectivity index (χ1) is 29.2. The molecule has 1 saturated heterocycles. The second-order valence-corrected chi connectivity index (χ2v) is 17.5. The number of ketones is 1. The zero-order chi connectivity index (χ0) is 43.8. The lowest BCUT2D eigenvalue weighted by Gasteiger charge is -2.35. The third-order valence-corrected chi connectivity index (χ3v) is 11.8. The number of fused-ring (bicyclic) bond motifs is 1. The number of methoxy groups -OCH3 is 2. The van der Waals surface area contributed by atoms with E-state index in [4.69, 9.17) is 19.2 Å². The summed E-state index contributed by atoms with van der Waals surface area (Å²) in [5.74, 6) is -2.27. The minimum atomic E-state index is -1.16. The van der Waals surface area contributed by atoms with Crippen LogP contribution in [0.4, 0.5) is 4.79 Å². The minimum absolute atomic E-state index is 0.0276. The summed E-state index contributed by atoms with van der Waals surface area (Å²) in [6.07, 6.45) is 6.03. The summed E-state index contributed by atoms with van der Waals surface area (Å²) in [6, 6.07) is 11.8. The summed E-state index contributed by atoms with van der Waals surface area (Å²) in [7, 11) is 2.86. The third kappa shape index (κ3) is 11.2. The van der Waals surface area contributed by atoms with Gasteiger partial charge >= 0.3 is 12.0 Å². The first-order valence-corrected chi connectivity index (χ1v) is 21.5. The van der Waals surface area contributed by atoms with E-state index in [0.717, 1.165) is 50.5 Å². The molecule has 328 valence electrons. The van der Waals surface area contributed by atoms with Crippen LogP contribution in [0.3, 0.4) is 0 Å². The summed E-state index contributed by atoms with van der Waals surface area (Å²) < 4.78 is 17.3. The van der Waals surface area contributed by atoms with Gasteiger partial charge in [-0.05, 0) is 55.6 Å². The van der Waals surface area contributed by atoms with Crippen molar-refractivity contribution < 1.29 is 43.0 Å². The number of pyridine rings is 1. The molecule has 61 heavy (non-hydrogen) atoms. The van der Waals surface area contributed by atoms with Crippen molar-refractivity contribution in [3.63, 3.8) is 0 Å². The van der Waals surface area contributed by atoms with Gasteiger partial charge in [-0.2, -0.15) is 0 Å². The van der Waals surface area contributed by atoms with Crippen LogP contribution in [0.1, 0.15) is 91.9 Å². The molecule has 2 saturated carbocycles. The number of benzene rings is 2. The van der Waals surface area contributed by atoms with Crippen molar-refractivity contribution in [2.45, 2.75) is 128 Å². The SMILES string of the molecule is CCCC(NC(=O)N1C[C@@H](Oc2cc(-c3ccccc3)nc3cc(OC)ccc23)C[C@H]1C(=O)N[C@H](C(=O)N[C@H](C(=O)OC)C1CCCCC1)C(C)(C)C)C(=O)C(=O)NC1CC1. The standard InChI is InChI=1S/C46H60N6O9/c1-7-14-33(39(53)42(55)47-29-19-20-29)49-45(58)52-26-31(61-37-25-34(27-15-10-8-11-16-27)48-35-23-30(59-5)21-22-32(35)37)24-36(52)41(54)51-40(46(2,3)4)43(56)50-38(44(57)60-6)28-17-12-9-13-18-28/h8,10-11,15-16,21-23,25,28-29,31,33,36,38,40H,7,9,12-14,17-20,24,26H2,1-6H3,(H,47,55)(H,49,58)(H,50,56)(H,51,54)/t31-,33?,36-,38-,40+/m0/s1. The van der Waals surface area contributed by atoms with Gasteiger partial charge in [0.15, 0.2) is 0 Å². The lowest BCUT2D eigenvalue weighted by Crippen LogP contribution is -2.61. The van der Waals surface area contributed by atoms with Crippen LogP contribution in [0.5, 0.6) is 11.5 Å². The van der Waals surface area contributed by atoms with Crippen LogP contribution in [-0.4, -0.2) is 102 Å². The number of amides is 5. The van der Waals surface area contributed by atoms with Crippen LogP contribution in [0.25, 0.3) is 22.2 Å². The molecule has 1 unspecified atom stereocenters. The molecule has 4 N–H and O–H groups in total. The highest BCUT2D eigenvalue weighted by Gasteiger charge is 2.45. The number of esters is 1. The average molecular weight is 841 g/mol. The molecule has 15 nitrogen and oxygen atoms in total. The number of aromatic nitrogens is 1. The Morgan fingerprint density at radius 2 is 1.61 bits per heavy atom. The Labute approximate surface area is 357 Å². The summed E-state index contributed by atoms with van der Waals surface area (Å²) >= 11 is 0. The topological polar surface area (TPSA) is 194 Å². The average Bonchev–Trinajstić information content (AvgIpc) is 3.98. The second kappa shape index (κ2) is 19.8. The zero-order valence-corrected chi connectivity index (χ0v) is 36.1. The highest BCUT2D eigenvalue weighted by Crippen LogP contribution is 2.35. The van der Waals surface area contributed by atoms with Gasteiger partial charge in [0.05, 0.1) is 38.0 Å². The summed E-state index contributed by atoms with van der Waals surface area (Å²) in [5, 5.41) is 12.0. The first kappa shape index (κ1) is 44.8. The van der Waals surface area contributed by atoms with Gasteiger partial charge in [-0.25, -0.2) is 14.6 Å². The highest BCUT2D eigenvalue weighted by atomic mass is 16.5. The van der Waals surface area contributed by atoms with Gasteiger partial charge in [0.2, 0.25) is 17.6 Å². The molecule has 0 spiro atoms. The molecular weight excluding hydrogens is 781 g/mol. The van der Waals surface area contributed by atoms with E-state index in [1.807, 2.05) is 49.4 Å². The smallest absolute Gasteiger partial charge is 0.328 e. The Morgan fingerprint density at radius 3 is 2.25 bits per heavy atom. The summed E-state index contributed by atoms with van der Waals surface area (Å²) in [4.78, 5) is 88.4. The Kier molecular flexibility index (Phi) is 14.5. The van der Waals surface area contributed by atoms with E-state index in [1.54, 1.807) is 40.0 Å². The number of carbonyl (C=O) groups excluding carboxylic acids is 6. The van der Waals surface area contributed by atoms with Crippen molar-refractivity contribution in [3.05, 3.63) is 54.6 Å². The van der Waals surface area contributed by atoms with Crippen LogP contribution in [0.2, 0.25) is 0 Å². The summed E-state index contributed by atoms with van der Waals surface area (Å²) in [6.45, 7) is 7.19. The predicted octanol–water partition coefficient (Wildman–Crippen LogP) is 5.23. The van der Waals surface area contributed by atoms with E-state index < -0.39 is 71.2 Å². The van der Waals surface area contributed by atoms with E-state index in [2.05, 4.69) is 21.3 Å². The zero-order valence-electron chi connectivity index (χ0n) is 36.1. The van der Waals surface area contributed by atoms with Gasteiger partial charge in [0.1, 0.15) is 35.7 Å². The van der Waals surface area contributed by atoms with Gasteiger partial charge in [0.25, 0.3) is 5.91 Å². The van der Waals surface area contributed by atoms with Crippen molar-refractivity contribution in [2.75, 3.05) is 20.8 Å². The molecule has 5 atom stereocenters. The molecule has 2 aliphatic carbocycles. The molecule has 15 heteroatoms. The van der Waals surface area contributed by atoms with Gasteiger partial charge in [0, 0.05) is 35.5 Å².